The number of halogens is 2. The summed E-state index contributed by atoms with van der Waals surface area (Å²) in [5, 5.41) is 3.42. The number of aryl methyl sites for hydroxylation is 1. The van der Waals surface area contributed by atoms with Gasteiger partial charge in [-0.15, -0.1) is 0 Å². The lowest BCUT2D eigenvalue weighted by molar-refractivity contribution is -0.154. The summed E-state index contributed by atoms with van der Waals surface area (Å²) >= 11 is 1.73. The molecule has 0 bridgehead atoms. The molecule has 10 atom stereocenters. The van der Waals surface area contributed by atoms with Gasteiger partial charge in [-0.1, -0.05) is 13.2 Å². The van der Waals surface area contributed by atoms with Gasteiger partial charge in [0.2, 0.25) is 6.23 Å². The zero-order valence-corrected chi connectivity index (χ0v) is 36.4. The molecule has 0 amide bonds. The van der Waals surface area contributed by atoms with Gasteiger partial charge < -0.3 is 70.2 Å². The van der Waals surface area contributed by atoms with Gasteiger partial charge in [0.05, 0.1) is 19.3 Å². The van der Waals surface area contributed by atoms with Crippen molar-refractivity contribution in [1.82, 2.24) is 24.7 Å². The first-order chi connectivity index (χ1) is 28.5. The number of likely N-dealkylation sites (N-methyl/N-ethyl adjacent to an activating group) is 1. The maximum atomic E-state index is 14.4. The summed E-state index contributed by atoms with van der Waals surface area (Å²) in [7, 11) is 9.45. The average Bonchev–Trinajstić information content (AvgIpc) is 3.85. The van der Waals surface area contributed by atoms with E-state index in [1.165, 1.54) is 31.1 Å². The second kappa shape index (κ2) is 21.7. The number of hydrogen-bond donors (Lipinski definition) is 4. The van der Waals surface area contributed by atoms with Crippen molar-refractivity contribution in [2.24, 2.45) is 21.5 Å². The molecular formula is C38H60F2N10O9S. The number of amidine groups is 2. The van der Waals surface area contributed by atoms with E-state index in [-0.39, 0.29) is 66.6 Å². The van der Waals surface area contributed by atoms with Gasteiger partial charge in [0.1, 0.15) is 59.8 Å². The Morgan fingerprint density at radius 2 is 1.58 bits per heavy atom. The molecule has 60 heavy (non-hydrogen) atoms. The third-order valence-electron chi connectivity index (χ3n) is 10.2. The van der Waals surface area contributed by atoms with Crippen LogP contribution in [0.15, 0.2) is 69.8 Å². The summed E-state index contributed by atoms with van der Waals surface area (Å²) in [5.74, 6) is -1.68. The van der Waals surface area contributed by atoms with Crippen LogP contribution in [0.1, 0.15) is 25.1 Å². The minimum absolute atomic E-state index is 0.0000336. The zero-order valence-electron chi connectivity index (χ0n) is 35.6. The SMILES string of the molecule is C=C1N=C(N)C(C)=CN1[C@@H]1O[C@H](CNC)C(OC)C1OC.C=C1N=C(N)C=CN1[C@@H]1O[C@H](COC)C(OC)C1(F)F.COC[C@H]1O[C@@H](n2cc(C)c(N)nc2=O)CC1SC. The summed E-state index contributed by atoms with van der Waals surface area (Å²) in [5.41, 5.74) is 18.2. The number of nitrogens with one attached hydrogen (secondary N) is 1. The van der Waals surface area contributed by atoms with Gasteiger partial charge in [-0.25, -0.2) is 14.8 Å². The Balaban J connectivity index is 0.000000199. The van der Waals surface area contributed by atoms with E-state index in [2.05, 4.69) is 33.4 Å². The minimum Gasteiger partial charge on any atom is -0.384 e. The number of anilines is 1. The summed E-state index contributed by atoms with van der Waals surface area (Å²) in [6, 6.07) is 0. The van der Waals surface area contributed by atoms with E-state index in [4.69, 9.17) is 55.1 Å². The monoisotopic (exact) mass is 870 g/mol. The van der Waals surface area contributed by atoms with Crippen LogP contribution in [0.5, 0.6) is 0 Å². The number of aliphatic imine (C=N–C) groups is 2. The van der Waals surface area contributed by atoms with Crippen LogP contribution in [0.25, 0.3) is 0 Å². The van der Waals surface area contributed by atoms with Crippen molar-refractivity contribution < 1.29 is 46.7 Å². The van der Waals surface area contributed by atoms with Crippen LogP contribution in [0.2, 0.25) is 0 Å². The van der Waals surface area contributed by atoms with Crippen molar-refractivity contribution >= 4 is 29.3 Å². The predicted molar refractivity (Wildman–Crippen MR) is 224 cm³/mol. The number of ether oxygens (including phenoxy) is 8. The van der Waals surface area contributed by atoms with Gasteiger partial charge in [0.25, 0.3) is 0 Å². The molecule has 5 aliphatic heterocycles. The van der Waals surface area contributed by atoms with Crippen LogP contribution < -0.4 is 28.2 Å². The number of hydrogen-bond acceptors (Lipinski definition) is 19. The zero-order chi connectivity index (χ0) is 44.5. The van der Waals surface area contributed by atoms with Crippen LogP contribution in [0.4, 0.5) is 14.6 Å². The molecule has 22 heteroatoms. The fourth-order valence-corrected chi connectivity index (χ4v) is 7.98. The molecule has 1 aromatic heterocycles. The number of rotatable bonds is 13. The van der Waals surface area contributed by atoms with E-state index in [0.717, 1.165) is 22.5 Å². The Bertz CT molecular complexity index is 1830. The normalized spacial score (nSPS) is 30.9. The highest BCUT2D eigenvalue weighted by atomic mass is 32.2. The van der Waals surface area contributed by atoms with Crippen LogP contribution in [-0.4, -0.2) is 160 Å². The topological polar surface area (TPSA) is 230 Å². The Hall–Kier alpha value is -3.97. The molecule has 0 radical (unpaired) electrons. The molecular weight excluding hydrogens is 811 g/mol. The molecule has 6 rings (SSSR count). The Morgan fingerprint density at radius 1 is 0.933 bits per heavy atom. The highest BCUT2D eigenvalue weighted by molar-refractivity contribution is 7.99. The molecule has 6 heterocycles. The molecule has 7 N–H and O–H groups in total. The van der Waals surface area contributed by atoms with E-state index in [0.29, 0.717) is 30.1 Å². The fourth-order valence-electron chi connectivity index (χ4n) is 7.17. The summed E-state index contributed by atoms with van der Waals surface area (Å²) < 4.78 is 73.8. The lowest BCUT2D eigenvalue weighted by Crippen LogP contribution is -2.48. The van der Waals surface area contributed by atoms with E-state index in [1.807, 2.05) is 38.3 Å². The predicted octanol–water partition coefficient (Wildman–Crippen LogP) is 1.47. The Kier molecular flexibility index (Phi) is 17.6. The van der Waals surface area contributed by atoms with Crippen LogP contribution in [0, 0.1) is 6.92 Å². The van der Waals surface area contributed by atoms with E-state index in [1.54, 1.807) is 39.3 Å². The van der Waals surface area contributed by atoms with Gasteiger partial charge in [0.15, 0.2) is 12.3 Å². The number of thioether (sulfide) groups is 1. The van der Waals surface area contributed by atoms with Crippen molar-refractivity contribution in [2.75, 3.05) is 74.3 Å². The molecule has 0 aliphatic carbocycles. The lowest BCUT2D eigenvalue weighted by Gasteiger charge is -2.33. The molecule has 0 saturated carbocycles. The van der Waals surface area contributed by atoms with Gasteiger partial charge in [0, 0.05) is 83.5 Å². The number of methoxy groups -OCH3 is 5. The largest absolute Gasteiger partial charge is 0.384 e. The molecule has 336 valence electrons. The van der Waals surface area contributed by atoms with Crippen LogP contribution in [0.3, 0.4) is 0 Å². The third-order valence-corrected chi connectivity index (χ3v) is 11.3. The molecule has 3 fully saturated rings. The van der Waals surface area contributed by atoms with Gasteiger partial charge >= 0.3 is 11.6 Å². The summed E-state index contributed by atoms with van der Waals surface area (Å²) in [4.78, 5) is 26.8. The molecule has 5 aliphatic rings. The number of nitrogen functional groups attached to an aromatic ring is 1. The van der Waals surface area contributed by atoms with Gasteiger partial charge in [-0.2, -0.15) is 25.5 Å². The van der Waals surface area contributed by atoms with E-state index >= 15 is 0 Å². The fraction of sp³-hybridized carbons (Fsp3) is 0.632. The molecule has 1 aromatic rings. The van der Waals surface area contributed by atoms with Crippen molar-refractivity contribution in [3.8, 4) is 0 Å². The molecule has 0 spiro atoms. The van der Waals surface area contributed by atoms with Crippen molar-refractivity contribution in [1.29, 1.82) is 0 Å². The number of alkyl halides is 2. The van der Waals surface area contributed by atoms with E-state index < -0.39 is 24.4 Å². The smallest absolute Gasteiger partial charge is 0.351 e. The second-order valence-electron chi connectivity index (χ2n) is 14.2. The molecule has 0 aromatic carbocycles. The quantitative estimate of drug-likeness (QED) is 0.220. The number of aromatic nitrogens is 2. The number of nitrogens with two attached hydrogens (primary N) is 3. The van der Waals surface area contributed by atoms with Crippen molar-refractivity contribution in [3.63, 3.8) is 0 Å². The highest BCUT2D eigenvalue weighted by Crippen LogP contribution is 2.41. The average molecular weight is 871 g/mol. The first-order valence-electron chi connectivity index (χ1n) is 18.9. The molecule has 3 saturated heterocycles. The first-order valence-corrected chi connectivity index (χ1v) is 20.2. The second-order valence-corrected chi connectivity index (χ2v) is 15.3. The summed E-state index contributed by atoms with van der Waals surface area (Å²) in [6.07, 6.45) is 4.14. The molecule has 19 nitrogen and oxygen atoms in total. The van der Waals surface area contributed by atoms with Crippen molar-refractivity contribution in [3.05, 3.63) is 71.1 Å². The highest BCUT2D eigenvalue weighted by Gasteiger charge is 2.61. The van der Waals surface area contributed by atoms with Gasteiger partial charge in [-0.05, 0) is 33.2 Å². The minimum atomic E-state index is -3.24. The standard InChI is InChI=1S/C14H24N4O3.C12H17F2N3O3.C12H19N3O3S/c1-8-7-18(9(2)17-13(8)15)14-12(20-5)11(19-4)10(21-14)6-16-3;1-7-16-9(15)4-5-17(7)11-12(13,14)10(19-3)8(20-11)6-18-2;1-7-5-15(12(16)14-11(7)13)10-4-9(19-3)8(18-10)6-17-2/h7,10-12,14,16H,2,6H2,1,3-5H3,(H2,15,17);4-5,8,10-11H,1,6H2,2-3H3,(H2,15,16);5,8-10H,4,6H2,1-3H3,(H2,13,14,16)/t10-,11?,12?,14-;8-,10?,11-;8-,9?,10-/m111/s1. The van der Waals surface area contributed by atoms with Crippen molar-refractivity contribution in [2.45, 2.75) is 86.7 Å². The molecule has 4 unspecified atom stereocenters. The Morgan fingerprint density at radius 3 is 2.17 bits per heavy atom. The first kappa shape index (κ1) is 48.7. The maximum Gasteiger partial charge on any atom is 0.351 e. The van der Waals surface area contributed by atoms with Crippen LogP contribution in [-0.2, 0) is 37.9 Å². The van der Waals surface area contributed by atoms with E-state index in [9.17, 15) is 13.6 Å². The van der Waals surface area contributed by atoms with Crippen LogP contribution >= 0.6 is 11.8 Å². The lowest BCUT2D eigenvalue weighted by atomic mass is 10.1. The number of nitrogens with zero attached hydrogens (tertiary/aromatic N) is 6. The van der Waals surface area contributed by atoms with Gasteiger partial charge in [-0.3, -0.25) is 4.57 Å². The maximum absolute atomic E-state index is 14.4. The Labute approximate surface area is 353 Å². The third kappa shape index (κ3) is 10.9. The summed E-state index contributed by atoms with van der Waals surface area (Å²) in [6.45, 7) is 12.5.